The lowest BCUT2D eigenvalue weighted by Gasteiger charge is -2.27. The van der Waals surface area contributed by atoms with Crippen molar-refractivity contribution in [3.8, 4) is 0 Å². The number of hydrogen-bond acceptors (Lipinski definition) is 3. The zero-order valence-corrected chi connectivity index (χ0v) is 13.7. The SMILES string of the molecule is CNCC1CCN(CC(=O)NC2CCC(C)CC2)C1.Cl. The normalized spacial score (nSPS) is 30.8. The fourth-order valence-electron chi connectivity index (χ4n) is 3.39. The third kappa shape index (κ3) is 5.58. The largest absolute Gasteiger partial charge is 0.352 e. The Morgan fingerprint density at radius 2 is 1.90 bits per heavy atom. The molecule has 1 aliphatic carbocycles. The van der Waals surface area contributed by atoms with Crippen molar-refractivity contribution in [2.45, 2.75) is 45.1 Å². The summed E-state index contributed by atoms with van der Waals surface area (Å²) < 4.78 is 0. The van der Waals surface area contributed by atoms with Gasteiger partial charge in [0.1, 0.15) is 0 Å². The van der Waals surface area contributed by atoms with E-state index in [0.29, 0.717) is 18.5 Å². The summed E-state index contributed by atoms with van der Waals surface area (Å²) in [6.45, 7) is 6.10. The topological polar surface area (TPSA) is 44.4 Å². The predicted molar refractivity (Wildman–Crippen MR) is 85.3 cm³/mol. The van der Waals surface area contributed by atoms with Crippen molar-refractivity contribution in [2.24, 2.45) is 11.8 Å². The Hall–Kier alpha value is -0.320. The number of nitrogens with zero attached hydrogens (tertiary/aromatic N) is 1. The fraction of sp³-hybridized carbons (Fsp3) is 0.933. The van der Waals surface area contributed by atoms with E-state index in [0.717, 1.165) is 38.4 Å². The first kappa shape index (κ1) is 17.7. The van der Waals surface area contributed by atoms with Crippen molar-refractivity contribution in [2.75, 3.05) is 33.2 Å². The molecule has 0 aromatic rings. The molecule has 1 heterocycles. The number of carbonyl (C=O) groups is 1. The first-order valence-electron chi connectivity index (χ1n) is 7.83. The van der Waals surface area contributed by atoms with Gasteiger partial charge in [-0.2, -0.15) is 0 Å². The zero-order chi connectivity index (χ0) is 13.7. The van der Waals surface area contributed by atoms with Gasteiger partial charge in [-0.15, -0.1) is 12.4 Å². The van der Waals surface area contributed by atoms with Gasteiger partial charge in [-0.05, 0) is 64.1 Å². The maximum absolute atomic E-state index is 12.0. The molecule has 0 radical (unpaired) electrons. The van der Waals surface area contributed by atoms with Crippen LogP contribution >= 0.6 is 12.4 Å². The maximum atomic E-state index is 12.0. The Morgan fingerprint density at radius 3 is 2.55 bits per heavy atom. The Kier molecular flexibility index (Phi) is 7.85. The van der Waals surface area contributed by atoms with Crippen molar-refractivity contribution in [3.05, 3.63) is 0 Å². The maximum Gasteiger partial charge on any atom is 0.234 e. The molecule has 0 bridgehead atoms. The van der Waals surface area contributed by atoms with Gasteiger partial charge in [0, 0.05) is 12.6 Å². The first-order chi connectivity index (χ1) is 9.17. The van der Waals surface area contributed by atoms with E-state index in [1.807, 2.05) is 7.05 Å². The zero-order valence-electron chi connectivity index (χ0n) is 12.9. The van der Waals surface area contributed by atoms with Crippen molar-refractivity contribution >= 4 is 18.3 Å². The highest BCUT2D eigenvalue weighted by molar-refractivity contribution is 5.85. The van der Waals surface area contributed by atoms with Crippen LogP contribution in [0.15, 0.2) is 0 Å². The summed E-state index contributed by atoms with van der Waals surface area (Å²) in [6, 6.07) is 0.430. The molecule has 5 heteroatoms. The molecule has 20 heavy (non-hydrogen) atoms. The highest BCUT2D eigenvalue weighted by atomic mass is 35.5. The number of nitrogens with one attached hydrogen (secondary N) is 2. The second kappa shape index (κ2) is 8.85. The lowest BCUT2D eigenvalue weighted by atomic mass is 9.87. The van der Waals surface area contributed by atoms with Crippen LogP contribution in [0.25, 0.3) is 0 Å². The molecule has 4 nitrogen and oxygen atoms in total. The second-order valence-corrected chi connectivity index (χ2v) is 6.47. The van der Waals surface area contributed by atoms with Gasteiger partial charge >= 0.3 is 0 Å². The van der Waals surface area contributed by atoms with Gasteiger partial charge in [0.25, 0.3) is 0 Å². The smallest absolute Gasteiger partial charge is 0.234 e. The molecule has 118 valence electrons. The first-order valence-corrected chi connectivity index (χ1v) is 7.83. The van der Waals surface area contributed by atoms with E-state index < -0.39 is 0 Å². The van der Waals surface area contributed by atoms with Gasteiger partial charge in [0.2, 0.25) is 5.91 Å². The number of carbonyl (C=O) groups excluding carboxylic acids is 1. The molecule has 2 rings (SSSR count). The lowest BCUT2D eigenvalue weighted by Crippen LogP contribution is -2.43. The van der Waals surface area contributed by atoms with Gasteiger partial charge in [-0.25, -0.2) is 0 Å². The van der Waals surface area contributed by atoms with Crippen molar-refractivity contribution in [1.82, 2.24) is 15.5 Å². The monoisotopic (exact) mass is 303 g/mol. The van der Waals surface area contributed by atoms with E-state index in [1.165, 1.54) is 19.3 Å². The van der Waals surface area contributed by atoms with E-state index in [-0.39, 0.29) is 18.3 Å². The molecular formula is C15H30ClN3O. The Bertz CT molecular complexity index is 293. The van der Waals surface area contributed by atoms with Crippen LogP contribution in [0.5, 0.6) is 0 Å². The van der Waals surface area contributed by atoms with Crippen LogP contribution in [-0.2, 0) is 4.79 Å². The molecule has 2 aliphatic rings. The molecule has 0 aromatic heterocycles. The minimum Gasteiger partial charge on any atom is -0.352 e. The molecular weight excluding hydrogens is 274 g/mol. The molecule has 2 fully saturated rings. The van der Waals surface area contributed by atoms with Gasteiger partial charge < -0.3 is 10.6 Å². The van der Waals surface area contributed by atoms with Crippen LogP contribution in [0, 0.1) is 11.8 Å². The van der Waals surface area contributed by atoms with E-state index in [9.17, 15) is 4.79 Å². The van der Waals surface area contributed by atoms with Gasteiger partial charge in [-0.3, -0.25) is 9.69 Å². The number of amides is 1. The average Bonchev–Trinajstić information content (AvgIpc) is 2.80. The minimum atomic E-state index is 0. The number of hydrogen-bond donors (Lipinski definition) is 2. The van der Waals surface area contributed by atoms with Crippen molar-refractivity contribution < 1.29 is 4.79 Å². The van der Waals surface area contributed by atoms with Crippen LogP contribution in [0.1, 0.15) is 39.0 Å². The molecule has 1 amide bonds. The second-order valence-electron chi connectivity index (χ2n) is 6.47. The molecule has 0 spiro atoms. The summed E-state index contributed by atoms with van der Waals surface area (Å²) in [5.74, 6) is 1.78. The van der Waals surface area contributed by atoms with Gasteiger partial charge in [0.05, 0.1) is 6.54 Å². The minimum absolute atomic E-state index is 0. The number of halogens is 1. The Balaban J connectivity index is 0.00000200. The molecule has 1 saturated heterocycles. The predicted octanol–water partition coefficient (Wildman–Crippen LogP) is 1.64. The Morgan fingerprint density at radius 1 is 1.20 bits per heavy atom. The molecule has 2 N–H and O–H groups in total. The molecule has 1 saturated carbocycles. The standard InChI is InChI=1S/C15H29N3O.ClH/c1-12-3-5-14(6-4-12)17-15(19)11-18-8-7-13(10-18)9-16-2;/h12-14,16H,3-11H2,1-2H3,(H,17,19);1H. The van der Waals surface area contributed by atoms with Crippen molar-refractivity contribution in [3.63, 3.8) is 0 Å². The van der Waals surface area contributed by atoms with Gasteiger partial charge in [0.15, 0.2) is 0 Å². The average molecular weight is 304 g/mol. The number of rotatable bonds is 5. The molecule has 1 atom stereocenters. The fourth-order valence-corrected chi connectivity index (χ4v) is 3.39. The quantitative estimate of drug-likeness (QED) is 0.812. The third-order valence-corrected chi connectivity index (χ3v) is 4.61. The summed E-state index contributed by atoms with van der Waals surface area (Å²) >= 11 is 0. The Labute approximate surface area is 129 Å². The molecule has 1 unspecified atom stereocenters. The van der Waals surface area contributed by atoms with E-state index in [2.05, 4.69) is 22.5 Å². The van der Waals surface area contributed by atoms with Gasteiger partial charge in [-0.1, -0.05) is 6.92 Å². The highest BCUT2D eigenvalue weighted by Gasteiger charge is 2.25. The molecule has 1 aliphatic heterocycles. The highest BCUT2D eigenvalue weighted by Crippen LogP contribution is 2.23. The third-order valence-electron chi connectivity index (χ3n) is 4.61. The van der Waals surface area contributed by atoms with Crippen molar-refractivity contribution in [1.29, 1.82) is 0 Å². The lowest BCUT2D eigenvalue weighted by molar-refractivity contribution is -0.123. The summed E-state index contributed by atoms with van der Waals surface area (Å²) in [5.41, 5.74) is 0. The summed E-state index contributed by atoms with van der Waals surface area (Å²) in [5, 5.41) is 6.44. The van der Waals surface area contributed by atoms with Crippen LogP contribution in [0.4, 0.5) is 0 Å². The van der Waals surface area contributed by atoms with E-state index >= 15 is 0 Å². The van der Waals surface area contributed by atoms with Crippen LogP contribution in [-0.4, -0.2) is 50.1 Å². The summed E-state index contributed by atoms with van der Waals surface area (Å²) in [7, 11) is 2.00. The summed E-state index contributed by atoms with van der Waals surface area (Å²) in [6.07, 6.45) is 6.07. The van der Waals surface area contributed by atoms with E-state index in [1.54, 1.807) is 0 Å². The van der Waals surface area contributed by atoms with Crippen LogP contribution in [0.2, 0.25) is 0 Å². The summed E-state index contributed by atoms with van der Waals surface area (Å²) in [4.78, 5) is 14.3. The number of likely N-dealkylation sites (tertiary alicyclic amines) is 1. The van der Waals surface area contributed by atoms with Crippen LogP contribution in [0.3, 0.4) is 0 Å². The van der Waals surface area contributed by atoms with Crippen LogP contribution < -0.4 is 10.6 Å². The van der Waals surface area contributed by atoms with E-state index in [4.69, 9.17) is 0 Å². The molecule has 0 aromatic carbocycles.